The van der Waals surface area contributed by atoms with Crippen molar-refractivity contribution in [3.05, 3.63) is 119 Å². The molecule has 0 radical (unpaired) electrons. The number of aromatic nitrogens is 1. The van der Waals surface area contributed by atoms with Gasteiger partial charge in [-0.2, -0.15) is 0 Å². The Labute approximate surface area is 264 Å². The molecule has 1 aliphatic rings. The van der Waals surface area contributed by atoms with Crippen molar-refractivity contribution in [2.75, 3.05) is 41.7 Å². The summed E-state index contributed by atoms with van der Waals surface area (Å²) in [6.45, 7) is 1.93. The summed E-state index contributed by atoms with van der Waals surface area (Å²) in [4.78, 5) is 58.8. The lowest BCUT2D eigenvalue weighted by molar-refractivity contribution is -0.137. The molecular weight excluding hydrogens is 596 g/mol. The molecular formula is C33H31ClN6O5. The molecule has 4 amide bonds. The lowest BCUT2D eigenvalue weighted by Crippen LogP contribution is -2.49. The number of aliphatic carboxylic acids is 1. The zero-order valence-electron chi connectivity index (χ0n) is 24.2. The first-order chi connectivity index (χ1) is 21.8. The van der Waals surface area contributed by atoms with Gasteiger partial charge < -0.3 is 30.9 Å². The molecule has 1 saturated heterocycles. The Morgan fingerprint density at radius 1 is 0.844 bits per heavy atom. The maximum Gasteiger partial charge on any atom is 0.323 e. The van der Waals surface area contributed by atoms with Gasteiger partial charge in [-0.3, -0.25) is 19.4 Å². The molecule has 0 spiro atoms. The van der Waals surface area contributed by atoms with Crippen LogP contribution in [0.15, 0.2) is 97.3 Å². The van der Waals surface area contributed by atoms with Crippen molar-refractivity contribution >= 4 is 52.5 Å². The number of amides is 4. The maximum absolute atomic E-state index is 13.4. The summed E-state index contributed by atoms with van der Waals surface area (Å²) in [7, 11) is 0. The quantitative estimate of drug-likeness (QED) is 0.198. The van der Waals surface area contributed by atoms with Gasteiger partial charge in [0, 0.05) is 60.4 Å². The van der Waals surface area contributed by atoms with E-state index in [1.165, 1.54) is 6.20 Å². The number of rotatable bonds is 9. The molecule has 0 bridgehead atoms. The summed E-state index contributed by atoms with van der Waals surface area (Å²) in [6, 6.07) is 22.6. The first-order valence-corrected chi connectivity index (χ1v) is 14.6. The van der Waals surface area contributed by atoms with Crippen molar-refractivity contribution < 1.29 is 24.3 Å². The van der Waals surface area contributed by atoms with Crippen molar-refractivity contribution in [2.24, 2.45) is 0 Å². The van der Waals surface area contributed by atoms with Gasteiger partial charge in [-0.15, -0.1) is 0 Å². The number of carbonyl (C=O) groups is 4. The first kappa shape index (κ1) is 31.0. The number of hydrogen-bond donors (Lipinski definition) is 4. The van der Waals surface area contributed by atoms with E-state index in [9.17, 15) is 24.3 Å². The number of halogens is 1. The van der Waals surface area contributed by atoms with Crippen LogP contribution in [0.3, 0.4) is 0 Å². The highest BCUT2D eigenvalue weighted by molar-refractivity contribution is 6.30. The largest absolute Gasteiger partial charge is 0.481 e. The van der Waals surface area contributed by atoms with E-state index in [4.69, 9.17) is 11.6 Å². The third-order valence-electron chi connectivity index (χ3n) is 7.31. The molecule has 1 fully saturated rings. The number of anilines is 3. The molecule has 1 atom stereocenters. The molecule has 1 unspecified atom stereocenters. The standard InChI is InChI=1S/C33H31ClN6O5/c34-25-9-11-26(12-10-25)36-33(45)38-28-19-23(31(43)37-27(20-30(41)42)24-7-4-14-35-21-24)8-13-29(28)39-15-17-40(18-16-39)32(44)22-5-2-1-3-6-22/h1-14,19,21,27H,15-18,20H2,(H,37,43)(H,41,42)(H2,36,38,45). The fourth-order valence-electron chi connectivity index (χ4n) is 5.04. The highest BCUT2D eigenvalue weighted by Gasteiger charge is 2.25. The average Bonchev–Trinajstić information content (AvgIpc) is 3.06. The van der Waals surface area contributed by atoms with Crippen LogP contribution in [0.1, 0.15) is 38.7 Å². The van der Waals surface area contributed by atoms with E-state index in [1.54, 1.807) is 77.8 Å². The summed E-state index contributed by atoms with van der Waals surface area (Å²) < 4.78 is 0. The number of carbonyl (C=O) groups excluding carboxylic acids is 3. The molecule has 0 aliphatic carbocycles. The van der Waals surface area contributed by atoms with Crippen LogP contribution >= 0.6 is 11.6 Å². The summed E-state index contributed by atoms with van der Waals surface area (Å²) in [5.41, 5.74) is 2.95. The molecule has 0 saturated carbocycles. The van der Waals surface area contributed by atoms with Gasteiger partial charge in [0.25, 0.3) is 11.8 Å². The number of benzene rings is 3. The lowest BCUT2D eigenvalue weighted by atomic mass is 10.0. The Bertz CT molecular complexity index is 1660. The van der Waals surface area contributed by atoms with Crippen LogP contribution in [0, 0.1) is 0 Å². The van der Waals surface area contributed by atoms with Gasteiger partial charge >= 0.3 is 12.0 Å². The molecule has 1 aromatic heterocycles. The lowest BCUT2D eigenvalue weighted by Gasteiger charge is -2.37. The topological polar surface area (TPSA) is 144 Å². The number of carboxylic acids is 1. The van der Waals surface area contributed by atoms with E-state index in [-0.39, 0.29) is 17.9 Å². The van der Waals surface area contributed by atoms with Crippen molar-refractivity contribution in [1.82, 2.24) is 15.2 Å². The Kier molecular flexibility index (Phi) is 9.90. The normalized spacial score (nSPS) is 13.4. The number of nitrogens with one attached hydrogen (secondary N) is 3. The SMILES string of the molecule is O=C(O)CC(NC(=O)c1ccc(N2CCN(C(=O)c3ccccc3)CC2)c(NC(=O)Nc2ccc(Cl)cc2)c1)c1cccnc1. The van der Waals surface area contributed by atoms with Gasteiger partial charge in [0.2, 0.25) is 0 Å². The maximum atomic E-state index is 13.4. The molecule has 4 aromatic rings. The predicted octanol–water partition coefficient (Wildman–Crippen LogP) is 5.29. The molecule has 2 heterocycles. The fraction of sp³-hybridized carbons (Fsp3) is 0.182. The molecule has 1 aliphatic heterocycles. The summed E-state index contributed by atoms with van der Waals surface area (Å²) in [5, 5.41) is 18.4. The van der Waals surface area contributed by atoms with E-state index in [0.717, 1.165) is 0 Å². The van der Waals surface area contributed by atoms with Crippen LogP contribution < -0.4 is 20.9 Å². The zero-order chi connectivity index (χ0) is 31.8. The number of nitrogens with zero attached hydrogens (tertiary/aromatic N) is 3. The monoisotopic (exact) mass is 626 g/mol. The molecule has 4 N–H and O–H groups in total. The minimum Gasteiger partial charge on any atom is -0.481 e. The van der Waals surface area contributed by atoms with Gasteiger partial charge in [0.1, 0.15) is 0 Å². The Morgan fingerprint density at radius 2 is 1.58 bits per heavy atom. The average molecular weight is 627 g/mol. The smallest absolute Gasteiger partial charge is 0.323 e. The fourth-order valence-corrected chi connectivity index (χ4v) is 5.16. The van der Waals surface area contributed by atoms with Crippen molar-refractivity contribution in [3.63, 3.8) is 0 Å². The van der Waals surface area contributed by atoms with E-state index in [1.807, 2.05) is 23.1 Å². The highest BCUT2D eigenvalue weighted by atomic mass is 35.5. The molecule has 45 heavy (non-hydrogen) atoms. The van der Waals surface area contributed by atoms with E-state index < -0.39 is 23.9 Å². The summed E-state index contributed by atoms with van der Waals surface area (Å²) in [5.74, 6) is -1.64. The van der Waals surface area contributed by atoms with Gasteiger partial charge in [0.05, 0.1) is 23.8 Å². The van der Waals surface area contributed by atoms with Crippen LogP contribution in [-0.4, -0.2) is 65.0 Å². The number of carboxylic acid groups (broad SMARTS) is 1. The first-order valence-electron chi connectivity index (χ1n) is 14.3. The predicted molar refractivity (Wildman–Crippen MR) is 172 cm³/mol. The third-order valence-corrected chi connectivity index (χ3v) is 7.56. The van der Waals surface area contributed by atoms with Crippen molar-refractivity contribution in [3.8, 4) is 0 Å². The van der Waals surface area contributed by atoms with Crippen molar-refractivity contribution in [1.29, 1.82) is 0 Å². The molecule has 3 aromatic carbocycles. The van der Waals surface area contributed by atoms with E-state index >= 15 is 0 Å². The Morgan fingerprint density at radius 3 is 2.24 bits per heavy atom. The second-order valence-corrected chi connectivity index (χ2v) is 10.8. The summed E-state index contributed by atoms with van der Waals surface area (Å²) >= 11 is 5.97. The number of urea groups is 1. The van der Waals surface area contributed by atoms with Crippen LogP contribution in [0.5, 0.6) is 0 Å². The number of piperazine rings is 1. The third kappa shape index (κ3) is 8.15. The minimum atomic E-state index is -1.08. The van der Waals surface area contributed by atoms with Gasteiger partial charge in [-0.05, 0) is 66.2 Å². The number of pyridine rings is 1. The minimum absolute atomic E-state index is 0.0486. The van der Waals surface area contributed by atoms with Crippen molar-refractivity contribution in [2.45, 2.75) is 12.5 Å². The zero-order valence-corrected chi connectivity index (χ0v) is 24.9. The van der Waals surface area contributed by atoms with E-state index in [0.29, 0.717) is 59.4 Å². The molecule has 11 nitrogen and oxygen atoms in total. The van der Waals surface area contributed by atoms with Gasteiger partial charge in [-0.1, -0.05) is 35.9 Å². The second-order valence-electron chi connectivity index (χ2n) is 10.4. The van der Waals surface area contributed by atoms with Crippen LogP contribution in [0.4, 0.5) is 21.9 Å². The van der Waals surface area contributed by atoms with Gasteiger partial charge in [-0.25, -0.2) is 4.79 Å². The molecule has 5 rings (SSSR count). The van der Waals surface area contributed by atoms with Crippen LogP contribution in [-0.2, 0) is 4.79 Å². The Hall–Kier alpha value is -5.42. The highest BCUT2D eigenvalue weighted by Crippen LogP contribution is 2.30. The van der Waals surface area contributed by atoms with E-state index in [2.05, 4.69) is 20.9 Å². The van der Waals surface area contributed by atoms with Crippen LogP contribution in [0.25, 0.3) is 0 Å². The Balaban J connectivity index is 1.36. The van der Waals surface area contributed by atoms with Crippen LogP contribution in [0.2, 0.25) is 5.02 Å². The van der Waals surface area contributed by atoms with Gasteiger partial charge in [0.15, 0.2) is 0 Å². The summed E-state index contributed by atoms with van der Waals surface area (Å²) in [6.07, 6.45) is 2.73. The molecule has 230 valence electrons. The second kappa shape index (κ2) is 14.4. The number of hydrogen-bond acceptors (Lipinski definition) is 6. The molecule has 12 heteroatoms.